The molecule has 3 rings (SSSR count). The van der Waals surface area contributed by atoms with Crippen molar-refractivity contribution in [3.05, 3.63) is 48.5 Å². The van der Waals surface area contributed by atoms with Gasteiger partial charge in [0.2, 0.25) is 10.0 Å². The van der Waals surface area contributed by atoms with Gasteiger partial charge in [-0.1, -0.05) is 12.1 Å². The van der Waals surface area contributed by atoms with E-state index in [-0.39, 0.29) is 12.5 Å². The first-order valence-corrected chi connectivity index (χ1v) is 11.5. The average Bonchev–Trinajstić information content (AvgIpc) is 2.76. The maximum absolute atomic E-state index is 12.5. The first-order valence-electron chi connectivity index (χ1n) is 9.62. The molecule has 0 radical (unpaired) electrons. The van der Waals surface area contributed by atoms with E-state index in [0.29, 0.717) is 24.5 Å². The van der Waals surface area contributed by atoms with Crippen molar-refractivity contribution >= 4 is 27.3 Å². The molecule has 1 aliphatic rings. The van der Waals surface area contributed by atoms with Crippen LogP contribution in [0.5, 0.6) is 11.5 Å². The van der Waals surface area contributed by atoms with Gasteiger partial charge in [0, 0.05) is 33.2 Å². The summed E-state index contributed by atoms with van der Waals surface area (Å²) in [6.07, 6.45) is 1.14. The van der Waals surface area contributed by atoms with Gasteiger partial charge in [-0.2, -0.15) is 0 Å². The summed E-state index contributed by atoms with van der Waals surface area (Å²) in [5.74, 6) is 1.26. The standard InChI is InChI=1S/C21H27N3O5S/c1-22(30(3,26)27)17-8-10-18(11-9-17)29-16-21(25)24-14-12-23(13-15-24)19-6-4-5-7-20(19)28-2/h4-11H,12-16H2,1-3H3. The van der Waals surface area contributed by atoms with E-state index in [2.05, 4.69) is 4.90 Å². The lowest BCUT2D eigenvalue weighted by molar-refractivity contribution is -0.133. The zero-order valence-electron chi connectivity index (χ0n) is 17.4. The minimum atomic E-state index is -3.32. The predicted octanol–water partition coefficient (Wildman–Crippen LogP) is 1.82. The molecule has 0 unspecified atom stereocenters. The topological polar surface area (TPSA) is 79.4 Å². The Labute approximate surface area is 177 Å². The fourth-order valence-electron chi connectivity index (χ4n) is 3.27. The Morgan fingerprint density at radius 1 is 1.03 bits per heavy atom. The second-order valence-corrected chi connectivity index (χ2v) is 9.07. The number of hydrogen-bond donors (Lipinski definition) is 0. The third kappa shape index (κ3) is 5.15. The molecule has 9 heteroatoms. The fraction of sp³-hybridized carbons (Fsp3) is 0.381. The molecule has 1 saturated heterocycles. The molecule has 1 amide bonds. The van der Waals surface area contributed by atoms with Gasteiger partial charge in [0.05, 0.1) is 24.7 Å². The molecular formula is C21H27N3O5S. The van der Waals surface area contributed by atoms with Crippen molar-refractivity contribution in [1.82, 2.24) is 4.90 Å². The van der Waals surface area contributed by atoms with Crippen LogP contribution in [0, 0.1) is 0 Å². The maximum atomic E-state index is 12.5. The van der Waals surface area contributed by atoms with Crippen molar-refractivity contribution < 1.29 is 22.7 Å². The SMILES string of the molecule is COc1ccccc1N1CCN(C(=O)COc2ccc(N(C)S(C)(=O)=O)cc2)CC1. The molecule has 0 aromatic heterocycles. The van der Waals surface area contributed by atoms with Crippen LogP contribution in [-0.4, -0.2) is 72.4 Å². The van der Waals surface area contributed by atoms with Crippen molar-refractivity contribution in [2.45, 2.75) is 0 Å². The lowest BCUT2D eigenvalue weighted by atomic mass is 10.2. The number of benzene rings is 2. The predicted molar refractivity (Wildman–Crippen MR) is 117 cm³/mol. The summed E-state index contributed by atoms with van der Waals surface area (Å²) in [5, 5.41) is 0. The highest BCUT2D eigenvalue weighted by atomic mass is 32.2. The number of nitrogens with zero attached hydrogens (tertiary/aromatic N) is 3. The Bertz CT molecular complexity index is 970. The van der Waals surface area contributed by atoms with Gasteiger partial charge in [-0.25, -0.2) is 8.42 Å². The van der Waals surface area contributed by atoms with E-state index in [1.54, 1.807) is 36.3 Å². The molecular weight excluding hydrogens is 406 g/mol. The number of rotatable bonds is 7. The van der Waals surface area contributed by atoms with Gasteiger partial charge in [-0.15, -0.1) is 0 Å². The molecule has 0 spiro atoms. The molecule has 0 atom stereocenters. The van der Waals surface area contributed by atoms with Crippen LogP contribution in [0.2, 0.25) is 0 Å². The fourth-order valence-corrected chi connectivity index (χ4v) is 3.77. The van der Waals surface area contributed by atoms with E-state index in [9.17, 15) is 13.2 Å². The number of sulfonamides is 1. The van der Waals surface area contributed by atoms with Crippen LogP contribution in [0.25, 0.3) is 0 Å². The zero-order chi connectivity index (χ0) is 21.7. The molecule has 2 aromatic rings. The molecule has 0 bridgehead atoms. The van der Waals surface area contributed by atoms with E-state index in [1.807, 2.05) is 24.3 Å². The highest BCUT2D eigenvalue weighted by Crippen LogP contribution is 2.28. The zero-order valence-corrected chi connectivity index (χ0v) is 18.3. The minimum absolute atomic E-state index is 0.0596. The highest BCUT2D eigenvalue weighted by Gasteiger charge is 2.23. The van der Waals surface area contributed by atoms with Crippen LogP contribution in [0.15, 0.2) is 48.5 Å². The first-order chi connectivity index (χ1) is 14.3. The van der Waals surface area contributed by atoms with Gasteiger partial charge in [0.1, 0.15) is 11.5 Å². The molecule has 0 aliphatic carbocycles. The summed E-state index contributed by atoms with van der Waals surface area (Å²) < 4.78 is 35.4. The quantitative estimate of drug-likeness (QED) is 0.663. The molecule has 1 fully saturated rings. The Morgan fingerprint density at radius 2 is 1.67 bits per heavy atom. The van der Waals surface area contributed by atoms with E-state index < -0.39 is 10.0 Å². The van der Waals surface area contributed by atoms with E-state index in [0.717, 1.165) is 30.8 Å². The number of ether oxygens (including phenoxy) is 2. The summed E-state index contributed by atoms with van der Waals surface area (Å²) in [6.45, 7) is 2.60. The van der Waals surface area contributed by atoms with Gasteiger partial charge in [0.25, 0.3) is 5.91 Å². The van der Waals surface area contributed by atoms with Crippen LogP contribution in [0.4, 0.5) is 11.4 Å². The molecule has 2 aromatic carbocycles. The van der Waals surface area contributed by atoms with Gasteiger partial charge in [-0.05, 0) is 36.4 Å². The maximum Gasteiger partial charge on any atom is 0.260 e. The van der Waals surface area contributed by atoms with Crippen molar-refractivity contribution in [3.8, 4) is 11.5 Å². The lowest BCUT2D eigenvalue weighted by Gasteiger charge is -2.36. The number of piperazine rings is 1. The molecule has 1 heterocycles. The Kier molecular flexibility index (Phi) is 6.71. The summed E-state index contributed by atoms with van der Waals surface area (Å²) in [7, 11) is -0.178. The minimum Gasteiger partial charge on any atom is -0.495 e. The second kappa shape index (κ2) is 9.25. The van der Waals surface area contributed by atoms with Crippen molar-refractivity contribution in [2.75, 3.05) is 62.4 Å². The largest absolute Gasteiger partial charge is 0.495 e. The Balaban J connectivity index is 1.50. The van der Waals surface area contributed by atoms with Gasteiger partial charge in [0.15, 0.2) is 6.61 Å². The van der Waals surface area contributed by atoms with E-state index in [1.165, 1.54) is 11.4 Å². The molecule has 8 nitrogen and oxygen atoms in total. The Hall–Kier alpha value is -2.94. The number of para-hydroxylation sites is 2. The summed E-state index contributed by atoms with van der Waals surface area (Å²) in [5.41, 5.74) is 1.56. The van der Waals surface area contributed by atoms with E-state index >= 15 is 0 Å². The number of amides is 1. The van der Waals surface area contributed by atoms with Crippen molar-refractivity contribution in [2.24, 2.45) is 0 Å². The first kappa shape index (κ1) is 21.8. The number of methoxy groups -OCH3 is 1. The van der Waals surface area contributed by atoms with Gasteiger partial charge in [-0.3, -0.25) is 9.10 Å². The van der Waals surface area contributed by atoms with Crippen LogP contribution >= 0.6 is 0 Å². The van der Waals surface area contributed by atoms with Crippen LogP contribution in [0.3, 0.4) is 0 Å². The molecule has 30 heavy (non-hydrogen) atoms. The third-order valence-electron chi connectivity index (χ3n) is 5.12. The smallest absolute Gasteiger partial charge is 0.260 e. The number of carbonyl (C=O) groups excluding carboxylic acids is 1. The highest BCUT2D eigenvalue weighted by molar-refractivity contribution is 7.92. The number of carbonyl (C=O) groups is 1. The van der Waals surface area contributed by atoms with Crippen LogP contribution in [0.1, 0.15) is 0 Å². The number of anilines is 2. The van der Waals surface area contributed by atoms with Gasteiger partial charge < -0.3 is 19.3 Å². The summed E-state index contributed by atoms with van der Waals surface area (Å²) >= 11 is 0. The van der Waals surface area contributed by atoms with Crippen molar-refractivity contribution in [3.63, 3.8) is 0 Å². The monoisotopic (exact) mass is 433 g/mol. The van der Waals surface area contributed by atoms with E-state index in [4.69, 9.17) is 9.47 Å². The molecule has 1 aliphatic heterocycles. The second-order valence-electron chi connectivity index (χ2n) is 7.05. The summed E-state index contributed by atoms with van der Waals surface area (Å²) in [6, 6.07) is 14.5. The Morgan fingerprint density at radius 3 is 2.27 bits per heavy atom. The van der Waals surface area contributed by atoms with Crippen LogP contribution in [-0.2, 0) is 14.8 Å². The molecule has 162 valence electrons. The van der Waals surface area contributed by atoms with Gasteiger partial charge >= 0.3 is 0 Å². The summed E-state index contributed by atoms with van der Waals surface area (Å²) in [4.78, 5) is 16.5. The number of hydrogen-bond acceptors (Lipinski definition) is 6. The third-order valence-corrected chi connectivity index (χ3v) is 6.32. The molecule has 0 N–H and O–H groups in total. The van der Waals surface area contributed by atoms with Crippen molar-refractivity contribution in [1.29, 1.82) is 0 Å². The molecule has 0 saturated carbocycles. The lowest BCUT2D eigenvalue weighted by Crippen LogP contribution is -2.50. The van der Waals surface area contributed by atoms with Crippen LogP contribution < -0.4 is 18.7 Å². The normalized spacial score (nSPS) is 14.4. The average molecular weight is 434 g/mol.